The Labute approximate surface area is 106 Å². The predicted octanol–water partition coefficient (Wildman–Crippen LogP) is 2.79. The molecule has 3 heteroatoms. The summed E-state index contributed by atoms with van der Waals surface area (Å²) in [6.07, 6.45) is 0. The molecule has 94 valence electrons. The molecule has 0 saturated carbocycles. The maximum absolute atomic E-state index is 11.0. The molecule has 0 bridgehead atoms. The van der Waals surface area contributed by atoms with E-state index < -0.39 is 11.5 Å². The monoisotopic (exact) mass is 243 g/mol. The number of aliphatic carboxylic acids is 1. The molecule has 2 rings (SSSR count). The summed E-state index contributed by atoms with van der Waals surface area (Å²) in [5.41, 5.74) is 0.175. The van der Waals surface area contributed by atoms with E-state index in [0.717, 1.165) is 5.56 Å². The Morgan fingerprint density at radius 1 is 1.17 bits per heavy atom. The van der Waals surface area contributed by atoms with Gasteiger partial charge in [0.2, 0.25) is 0 Å². The zero-order valence-corrected chi connectivity index (χ0v) is 10.6. The van der Waals surface area contributed by atoms with Gasteiger partial charge in [-0.2, -0.15) is 0 Å². The number of hydrogen-bond donors (Lipinski definition) is 2. The van der Waals surface area contributed by atoms with Crippen molar-refractivity contribution in [3.05, 3.63) is 48.0 Å². The Kier molecular flexibility index (Phi) is 3.34. The molecule has 2 aromatic carbocycles. The third-order valence-corrected chi connectivity index (χ3v) is 3.08. The third-order valence-electron chi connectivity index (χ3n) is 3.08. The highest BCUT2D eigenvalue weighted by Gasteiger charge is 2.25. The molecule has 0 spiro atoms. The molecule has 0 aliphatic heterocycles. The van der Waals surface area contributed by atoms with Crippen molar-refractivity contribution >= 4 is 16.7 Å². The van der Waals surface area contributed by atoms with Crippen molar-refractivity contribution in [2.45, 2.75) is 25.9 Å². The van der Waals surface area contributed by atoms with E-state index in [1.807, 2.05) is 18.2 Å². The summed E-state index contributed by atoms with van der Waals surface area (Å²) in [5, 5.41) is 14.4. The van der Waals surface area contributed by atoms with Gasteiger partial charge in [-0.1, -0.05) is 36.4 Å². The number of fused-ring (bicyclic) bond motifs is 1. The summed E-state index contributed by atoms with van der Waals surface area (Å²) in [5.74, 6) is -0.844. The van der Waals surface area contributed by atoms with Crippen molar-refractivity contribution in [2.24, 2.45) is 0 Å². The van der Waals surface area contributed by atoms with E-state index in [1.165, 1.54) is 10.8 Å². The zero-order valence-electron chi connectivity index (χ0n) is 10.6. The molecule has 0 aliphatic rings. The van der Waals surface area contributed by atoms with E-state index in [9.17, 15) is 4.79 Å². The lowest BCUT2D eigenvalue weighted by Gasteiger charge is -2.21. The average Bonchev–Trinajstić information content (AvgIpc) is 2.36. The van der Waals surface area contributed by atoms with Crippen LogP contribution in [0.1, 0.15) is 19.4 Å². The van der Waals surface area contributed by atoms with E-state index in [4.69, 9.17) is 5.11 Å². The number of carboxylic acid groups (broad SMARTS) is 1. The van der Waals surface area contributed by atoms with Gasteiger partial charge in [0.1, 0.15) is 5.54 Å². The fourth-order valence-electron chi connectivity index (χ4n) is 1.75. The summed E-state index contributed by atoms with van der Waals surface area (Å²) >= 11 is 0. The summed E-state index contributed by atoms with van der Waals surface area (Å²) in [7, 11) is 0. The summed E-state index contributed by atoms with van der Waals surface area (Å²) in [4.78, 5) is 11.0. The second-order valence-electron chi connectivity index (χ2n) is 4.97. The van der Waals surface area contributed by atoms with Crippen molar-refractivity contribution in [1.29, 1.82) is 0 Å². The largest absolute Gasteiger partial charge is 0.480 e. The van der Waals surface area contributed by atoms with Crippen LogP contribution >= 0.6 is 0 Å². The lowest BCUT2D eigenvalue weighted by molar-refractivity contribution is -0.143. The molecule has 3 nitrogen and oxygen atoms in total. The first kappa shape index (κ1) is 12.6. The smallest absolute Gasteiger partial charge is 0.323 e. The molecule has 2 N–H and O–H groups in total. The van der Waals surface area contributed by atoms with E-state index in [1.54, 1.807) is 13.8 Å². The normalized spacial score (nSPS) is 11.7. The van der Waals surface area contributed by atoms with E-state index in [-0.39, 0.29) is 0 Å². The van der Waals surface area contributed by atoms with Crippen LogP contribution in [0.3, 0.4) is 0 Å². The minimum atomic E-state index is -0.911. The fraction of sp³-hybridized carbons (Fsp3) is 0.267. The van der Waals surface area contributed by atoms with Crippen molar-refractivity contribution < 1.29 is 9.90 Å². The van der Waals surface area contributed by atoms with Gasteiger partial charge < -0.3 is 5.11 Å². The Hall–Kier alpha value is -1.87. The van der Waals surface area contributed by atoms with Crippen LogP contribution in [-0.2, 0) is 11.3 Å². The Morgan fingerprint density at radius 2 is 1.83 bits per heavy atom. The van der Waals surface area contributed by atoms with Crippen LogP contribution in [0.4, 0.5) is 0 Å². The molecule has 0 saturated heterocycles. The van der Waals surface area contributed by atoms with Gasteiger partial charge in [-0.05, 0) is 36.2 Å². The van der Waals surface area contributed by atoms with E-state index in [2.05, 4.69) is 29.6 Å². The Balaban J connectivity index is 2.15. The maximum atomic E-state index is 11.0. The van der Waals surface area contributed by atoms with E-state index >= 15 is 0 Å². The van der Waals surface area contributed by atoms with Crippen molar-refractivity contribution in [1.82, 2.24) is 5.32 Å². The highest BCUT2D eigenvalue weighted by atomic mass is 16.4. The lowest BCUT2D eigenvalue weighted by Crippen LogP contribution is -2.46. The molecule has 2 aromatic rings. The standard InChI is InChI=1S/C15H17NO2/c1-15(2,14(17)18)16-10-11-7-8-12-5-3-4-6-13(12)9-11/h3-9,16H,10H2,1-2H3,(H,17,18). The van der Waals surface area contributed by atoms with Gasteiger partial charge in [0.15, 0.2) is 0 Å². The number of benzene rings is 2. The summed E-state index contributed by atoms with van der Waals surface area (Å²) in [6, 6.07) is 14.3. The molecule has 0 amide bonds. The fourth-order valence-corrected chi connectivity index (χ4v) is 1.75. The van der Waals surface area contributed by atoms with E-state index in [0.29, 0.717) is 6.54 Å². The van der Waals surface area contributed by atoms with Crippen LogP contribution < -0.4 is 5.32 Å². The number of hydrogen-bond acceptors (Lipinski definition) is 2. The summed E-state index contributed by atoms with van der Waals surface area (Å²) < 4.78 is 0. The lowest BCUT2D eigenvalue weighted by atomic mass is 10.0. The van der Waals surface area contributed by atoms with Crippen LogP contribution in [-0.4, -0.2) is 16.6 Å². The van der Waals surface area contributed by atoms with Gasteiger partial charge in [0, 0.05) is 6.54 Å². The topological polar surface area (TPSA) is 49.3 Å². The highest BCUT2D eigenvalue weighted by Crippen LogP contribution is 2.16. The molecule has 0 aliphatic carbocycles. The van der Waals surface area contributed by atoms with Gasteiger partial charge in [0.05, 0.1) is 0 Å². The first-order chi connectivity index (χ1) is 8.49. The van der Waals surface area contributed by atoms with Crippen molar-refractivity contribution in [3.8, 4) is 0 Å². The van der Waals surface area contributed by atoms with Crippen LogP contribution in [0.15, 0.2) is 42.5 Å². The second-order valence-corrected chi connectivity index (χ2v) is 4.97. The first-order valence-corrected chi connectivity index (χ1v) is 5.95. The summed E-state index contributed by atoms with van der Waals surface area (Å²) in [6.45, 7) is 3.87. The quantitative estimate of drug-likeness (QED) is 0.868. The van der Waals surface area contributed by atoms with Crippen molar-refractivity contribution in [2.75, 3.05) is 0 Å². The molecular weight excluding hydrogens is 226 g/mol. The zero-order chi connectivity index (χ0) is 13.2. The van der Waals surface area contributed by atoms with Gasteiger partial charge in [0.25, 0.3) is 0 Å². The molecule has 0 unspecified atom stereocenters. The van der Waals surface area contributed by atoms with Crippen LogP contribution in [0.5, 0.6) is 0 Å². The molecule has 0 radical (unpaired) electrons. The van der Waals surface area contributed by atoms with Gasteiger partial charge in [-0.3, -0.25) is 10.1 Å². The Morgan fingerprint density at radius 3 is 2.50 bits per heavy atom. The molecule has 0 aromatic heterocycles. The molecular formula is C15H17NO2. The maximum Gasteiger partial charge on any atom is 0.323 e. The number of nitrogens with one attached hydrogen (secondary N) is 1. The van der Waals surface area contributed by atoms with Crippen molar-refractivity contribution in [3.63, 3.8) is 0 Å². The number of carboxylic acids is 1. The molecule has 0 atom stereocenters. The minimum absolute atomic E-state index is 0.546. The SMILES string of the molecule is CC(C)(NCc1ccc2ccccc2c1)C(=O)O. The van der Waals surface area contributed by atoms with Crippen LogP contribution in [0.2, 0.25) is 0 Å². The minimum Gasteiger partial charge on any atom is -0.480 e. The van der Waals surface area contributed by atoms with Gasteiger partial charge in [-0.25, -0.2) is 0 Å². The molecule has 0 fully saturated rings. The number of rotatable bonds is 4. The third kappa shape index (κ3) is 2.68. The van der Waals surface area contributed by atoms with Crippen LogP contribution in [0, 0.1) is 0 Å². The second kappa shape index (κ2) is 4.78. The highest BCUT2D eigenvalue weighted by molar-refractivity contribution is 5.83. The predicted molar refractivity (Wildman–Crippen MR) is 72.5 cm³/mol. The molecule has 0 heterocycles. The first-order valence-electron chi connectivity index (χ1n) is 5.95. The van der Waals surface area contributed by atoms with Gasteiger partial charge in [-0.15, -0.1) is 0 Å². The Bertz CT molecular complexity index is 575. The average molecular weight is 243 g/mol. The number of carbonyl (C=O) groups is 1. The van der Waals surface area contributed by atoms with Gasteiger partial charge >= 0.3 is 5.97 Å². The van der Waals surface area contributed by atoms with Crippen LogP contribution in [0.25, 0.3) is 10.8 Å². The molecule has 18 heavy (non-hydrogen) atoms.